The molecule has 0 bridgehead atoms. The third kappa shape index (κ3) is 14.9. The number of benzene rings is 4. The number of ether oxygens (including phenoxy) is 2. The minimum Gasteiger partial charge on any atom is -0.486 e. The molecule has 11 heteroatoms. The first-order valence-electron chi connectivity index (χ1n) is 14.6. The number of hydrogen-bond donors (Lipinski definition) is 1. The molecule has 7 nitrogen and oxygen atoms in total. The minimum absolute atomic E-state index is 0.152. The Morgan fingerprint density at radius 2 is 1.09 bits per heavy atom. The third-order valence-electron chi connectivity index (χ3n) is 5.95. The highest BCUT2D eigenvalue weighted by Gasteiger charge is 2.18. The van der Waals surface area contributed by atoms with E-state index in [0.717, 1.165) is 17.2 Å². The van der Waals surface area contributed by atoms with Crippen LogP contribution in [-0.4, -0.2) is 30.4 Å². The van der Waals surface area contributed by atoms with Crippen LogP contribution in [0.25, 0.3) is 0 Å². The molecule has 0 saturated carbocycles. The van der Waals surface area contributed by atoms with Crippen molar-refractivity contribution in [2.45, 2.75) is 64.3 Å². The number of hydrogen-bond acceptors (Lipinski definition) is 5. The summed E-state index contributed by atoms with van der Waals surface area (Å²) in [7, 11) is -2.55. The van der Waals surface area contributed by atoms with Gasteiger partial charge in [-0.05, 0) is 94.6 Å². The van der Waals surface area contributed by atoms with Crippen LogP contribution in [-0.2, 0) is 35.2 Å². The molecule has 2 atom stereocenters. The monoisotopic (exact) mass is 684 g/mol. The van der Waals surface area contributed by atoms with E-state index in [4.69, 9.17) is 14.6 Å². The molecular formula is C36H42F2N2O5S2. The summed E-state index contributed by atoms with van der Waals surface area (Å²) in [6.07, 6.45) is 2.02. The summed E-state index contributed by atoms with van der Waals surface area (Å²) in [4.78, 5) is 10.4. The van der Waals surface area contributed by atoms with Crippen molar-refractivity contribution in [1.29, 1.82) is 0 Å². The fourth-order valence-electron chi connectivity index (χ4n) is 3.16. The second kappa shape index (κ2) is 18.9. The van der Waals surface area contributed by atoms with E-state index in [1.807, 2.05) is 102 Å². The lowest BCUT2D eigenvalue weighted by molar-refractivity contribution is 0.112. The molecule has 47 heavy (non-hydrogen) atoms. The molecule has 0 aromatic heterocycles. The number of aldehydes is 1. The van der Waals surface area contributed by atoms with Crippen molar-refractivity contribution in [3.63, 3.8) is 0 Å². The minimum atomic E-state index is -1.36. The highest BCUT2D eigenvalue weighted by atomic mass is 32.2. The van der Waals surface area contributed by atoms with Crippen LogP contribution in [0, 0.1) is 11.6 Å². The second-order valence-electron chi connectivity index (χ2n) is 12.1. The maximum absolute atomic E-state index is 14.0. The van der Waals surface area contributed by atoms with Gasteiger partial charge in [0.25, 0.3) is 0 Å². The van der Waals surface area contributed by atoms with E-state index >= 15 is 0 Å². The van der Waals surface area contributed by atoms with E-state index < -0.39 is 38.4 Å². The van der Waals surface area contributed by atoms with Gasteiger partial charge in [0.05, 0.1) is 20.5 Å². The molecule has 0 heterocycles. The van der Waals surface area contributed by atoms with Gasteiger partial charge >= 0.3 is 0 Å². The molecule has 0 unspecified atom stereocenters. The van der Waals surface area contributed by atoms with Crippen LogP contribution in [0.4, 0.5) is 8.78 Å². The van der Waals surface area contributed by atoms with Gasteiger partial charge < -0.3 is 9.47 Å². The van der Waals surface area contributed by atoms with Gasteiger partial charge in [-0.15, -0.1) is 0 Å². The van der Waals surface area contributed by atoms with Crippen molar-refractivity contribution in [3.05, 3.63) is 131 Å². The molecule has 0 fully saturated rings. The lowest BCUT2D eigenvalue weighted by atomic mass is 10.2. The average molecular weight is 685 g/mol. The van der Waals surface area contributed by atoms with Crippen molar-refractivity contribution in [1.82, 2.24) is 0 Å². The van der Waals surface area contributed by atoms with Crippen LogP contribution in [0.5, 0.6) is 11.5 Å². The van der Waals surface area contributed by atoms with Gasteiger partial charge in [-0.1, -0.05) is 60.7 Å². The van der Waals surface area contributed by atoms with Crippen LogP contribution in [0.1, 0.15) is 68.6 Å². The molecule has 0 aliphatic heterocycles. The molecular weight excluding hydrogens is 643 g/mol. The fourth-order valence-corrected chi connectivity index (χ4v) is 3.69. The molecule has 0 aliphatic carbocycles. The van der Waals surface area contributed by atoms with E-state index in [9.17, 15) is 22.0 Å². The Hall–Kier alpha value is -4.06. The van der Waals surface area contributed by atoms with E-state index in [-0.39, 0.29) is 16.2 Å². The van der Waals surface area contributed by atoms with E-state index in [1.165, 1.54) is 24.4 Å². The predicted molar refractivity (Wildman–Crippen MR) is 187 cm³/mol. The third-order valence-corrected chi connectivity index (χ3v) is 8.50. The maximum Gasteiger partial charge on any atom is 0.165 e. The SMILES string of the molecule is CC(C)(C)[S@@](=O)N=Cc1ccc(OCc2ccccc2)c(F)c1.CC(C)(C)[S@](N)=O.O=Cc1ccc(OCc2ccccc2)c(F)c1. The molecule has 0 aliphatic rings. The number of carbonyl (C=O) groups excluding carboxylic acids is 1. The number of halogens is 2. The van der Waals surface area contributed by atoms with E-state index in [1.54, 1.807) is 12.1 Å². The van der Waals surface area contributed by atoms with Crippen molar-refractivity contribution in [2.75, 3.05) is 0 Å². The Balaban J connectivity index is 0.000000280. The number of carbonyl (C=O) groups is 1. The van der Waals surface area contributed by atoms with Gasteiger partial charge in [0.15, 0.2) is 23.1 Å². The normalized spacial score (nSPS) is 12.5. The molecule has 2 N–H and O–H groups in total. The second-order valence-corrected chi connectivity index (χ2v) is 15.8. The van der Waals surface area contributed by atoms with Crippen molar-refractivity contribution in [3.8, 4) is 11.5 Å². The Labute approximate surface area is 281 Å². The van der Waals surface area contributed by atoms with Crippen molar-refractivity contribution < 1.29 is 31.5 Å². The summed E-state index contributed by atoms with van der Waals surface area (Å²) in [6.45, 7) is 11.6. The molecule has 0 amide bonds. The first kappa shape index (κ1) is 39.1. The van der Waals surface area contributed by atoms with Gasteiger partial charge in [-0.2, -0.15) is 4.40 Å². The highest BCUT2D eigenvalue weighted by molar-refractivity contribution is 7.85. The number of nitrogens with zero attached hydrogens (tertiary/aromatic N) is 1. The van der Waals surface area contributed by atoms with Crippen molar-refractivity contribution in [2.24, 2.45) is 9.54 Å². The van der Waals surface area contributed by atoms with E-state index in [0.29, 0.717) is 30.6 Å². The van der Waals surface area contributed by atoms with Crippen LogP contribution in [0.2, 0.25) is 0 Å². The zero-order valence-corrected chi connectivity index (χ0v) is 29.1. The summed E-state index contributed by atoms with van der Waals surface area (Å²) in [5.74, 6) is -0.653. The van der Waals surface area contributed by atoms with Gasteiger partial charge in [-0.25, -0.2) is 17.2 Å². The lowest BCUT2D eigenvalue weighted by Crippen LogP contribution is -2.27. The molecule has 0 saturated heterocycles. The lowest BCUT2D eigenvalue weighted by Gasteiger charge is -2.12. The fraction of sp³-hybridized carbons (Fsp3) is 0.278. The topological polar surface area (TPSA) is 108 Å². The van der Waals surface area contributed by atoms with Crippen LogP contribution in [0.15, 0.2) is 101 Å². The standard InChI is InChI=1S/C18H20FNO2S.C14H11FO2.C4H11NOS/c1-18(2,3)23(21)20-12-15-9-10-17(16(19)11-15)22-13-14-7-5-4-6-8-14;15-13-8-12(9-16)6-7-14(13)17-10-11-4-2-1-3-5-11;1-4(2,3)7(5)6/h4-12H,13H2,1-3H3;1-9H,10H2;5H2,1-3H3/t23-;;7-/m1.1/s1. The highest BCUT2D eigenvalue weighted by Crippen LogP contribution is 2.21. The Morgan fingerprint density at radius 1 is 0.681 bits per heavy atom. The first-order chi connectivity index (χ1) is 22.1. The smallest absolute Gasteiger partial charge is 0.165 e. The zero-order valence-electron chi connectivity index (χ0n) is 27.4. The quantitative estimate of drug-likeness (QED) is 0.142. The molecule has 4 rings (SSSR count). The van der Waals surface area contributed by atoms with E-state index in [2.05, 4.69) is 4.40 Å². The molecule has 4 aromatic carbocycles. The molecule has 4 aromatic rings. The summed E-state index contributed by atoms with van der Waals surface area (Å²) in [5.41, 5.74) is 2.78. The van der Waals surface area contributed by atoms with Gasteiger partial charge in [0, 0.05) is 11.8 Å². The maximum atomic E-state index is 14.0. The summed E-state index contributed by atoms with van der Waals surface area (Å²) >= 11 is 0. The summed E-state index contributed by atoms with van der Waals surface area (Å²) in [6, 6.07) is 27.8. The first-order valence-corrected chi connectivity index (χ1v) is 16.9. The molecule has 0 radical (unpaired) electrons. The van der Waals surface area contributed by atoms with Crippen LogP contribution < -0.4 is 14.6 Å². The van der Waals surface area contributed by atoms with Gasteiger partial charge in [0.2, 0.25) is 0 Å². The van der Waals surface area contributed by atoms with Gasteiger partial charge in [0.1, 0.15) is 30.5 Å². The number of nitrogens with two attached hydrogens (primary N) is 1. The van der Waals surface area contributed by atoms with Crippen LogP contribution >= 0.6 is 0 Å². The van der Waals surface area contributed by atoms with Gasteiger partial charge in [-0.3, -0.25) is 9.93 Å². The largest absolute Gasteiger partial charge is 0.486 e. The molecule has 0 spiro atoms. The Kier molecular flexibility index (Phi) is 15.8. The Morgan fingerprint density at radius 3 is 1.45 bits per heavy atom. The zero-order chi connectivity index (χ0) is 35.0. The average Bonchev–Trinajstić information content (AvgIpc) is 3.03. The van der Waals surface area contributed by atoms with Crippen LogP contribution in [0.3, 0.4) is 0 Å². The van der Waals surface area contributed by atoms with Crippen molar-refractivity contribution >= 4 is 34.5 Å². The summed E-state index contributed by atoms with van der Waals surface area (Å²) in [5, 5.41) is 5.04. The molecule has 252 valence electrons. The number of rotatable bonds is 9. The Bertz CT molecular complexity index is 1640. The predicted octanol–water partition coefficient (Wildman–Crippen LogP) is 7.91. The summed E-state index contributed by atoms with van der Waals surface area (Å²) < 4.78 is 63.8.